The van der Waals surface area contributed by atoms with E-state index in [1.54, 1.807) is 0 Å². The predicted octanol–water partition coefficient (Wildman–Crippen LogP) is -0.553. The minimum atomic E-state index is -0.836. The predicted molar refractivity (Wildman–Crippen MR) is 50.0 cm³/mol. The third-order valence-corrected chi connectivity index (χ3v) is 2.29. The van der Waals surface area contributed by atoms with Crippen LogP contribution >= 0.6 is 0 Å². The van der Waals surface area contributed by atoms with Crippen LogP contribution in [-0.2, 0) is 9.53 Å². The lowest BCUT2D eigenvalue weighted by molar-refractivity contribution is -0.140. The van der Waals surface area contributed by atoms with E-state index in [1.807, 2.05) is 0 Å². The highest BCUT2D eigenvalue weighted by molar-refractivity contribution is 5.74. The van der Waals surface area contributed by atoms with Crippen molar-refractivity contribution in [3.05, 3.63) is 0 Å². The van der Waals surface area contributed by atoms with Gasteiger partial charge >= 0.3 is 5.97 Å². The number of ether oxygens (including phenoxy) is 1. The molecule has 14 heavy (non-hydrogen) atoms. The number of carbonyl (C=O) groups is 1. The highest BCUT2D eigenvalue weighted by Crippen LogP contribution is 2.32. The Hall–Kier alpha value is -0.650. The average molecular weight is 203 g/mol. The second kappa shape index (κ2) is 5.29. The van der Waals surface area contributed by atoms with E-state index in [0.29, 0.717) is 0 Å². The number of carboxylic acid groups (broad SMARTS) is 1. The lowest BCUT2D eigenvalue weighted by atomic mass is 10.2. The minimum Gasteiger partial charge on any atom is -0.480 e. The zero-order chi connectivity index (χ0) is 10.6. The van der Waals surface area contributed by atoms with Crippen LogP contribution in [-0.4, -0.2) is 48.6 Å². The minimum absolute atomic E-state index is 0.226. The lowest BCUT2D eigenvalue weighted by Crippen LogP contribution is -2.43. The van der Waals surface area contributed by atoms with Gasteiger partial charge in [-0.05, 0) is 18.8 Å². The average Bonchev–Trinajstić information content (AvgIpc) is 2.88. The van der Waals surface area contributed by atoms with Crippen molar-refractivity contribution < 1.29 is 19.7 Å². The SMILES string of the molecule is COCC(O)CNC(C(=O)O)C1CC1. The molecule has 2 unspecified atom stereocenters. The zero-order valence-electron chi connectivity index (χ0n) is 8.27. The quantitative estimate of drug-likeness (QED) is 0.517. The maximum atomic E-state index is 10.8. The molecule has 1 fully saturated rings. The van der Waals surface area contributed by atoms with Gasteiger partial charge in [0, 0.05) is 13.7 Å². The summed E-state index contributed by atoms with van der Waals surface area (Å²) in [6.07, 6.45) is 1.29. The normalized spacial score (nSPS) is 20.4. The van der Waals surface area contributed by atoms with E-state index in [9.17, 15) is 9.90 Å². The van der Waals surface area contributed by atoms with Crippen molar-refractivity contribution in [3.8, 4) is 0 Å². The van der Waals surface area contributed by atoms with E-state index in [0.717, 1.165) is 12.8 Å². The highest BCUT2D eigenvalue weighted by Gasteiger charge is 2.35. The first kappa shape index (κ1) is 11.4. The Morgan fingerprint density at radius 1 is 1.64 bits per heavy atom. The highest BCUT2D eigenvalue weighted by atomic mass is 16.5. The van der Waals surface area contributed by atoms with Gasteiger partial charge in [-0.3, -0.25) is 4.79 Å². The van der Waals surface area contributed by atoms with E-state index in [2.05, 4.69) is 5.32 Å². The van der Waals surface area contributed by atoms with Crippen molar-refractivity contribution in [1.82, 2.24) is 5.32 Å². The number of carboxylic acids is 1. The van der Waals surface area contributed by atoms with Crippen LogP contribution in [0, 0.1) is 5.92 Å². The van der Waals surface area contributed by atoms with Gasteiger partial charge < -0.3 is 20.3 Å². The van der Waals surface area contributed by atoms with E-state index < -0.39 is 18.1 Å². The van der Waals surface area contributed by atoms with Crippen molar-refractivity contribution in [2.75, 3.05) is 20.3 Å². The number of nitrogens with one attached hydrogen (secondary N) is 1. The topological polar surface area (TPSA) is 78.8 Å². The molecule has 1 rings (SSSR count). The van der Waals surface area contributed by atoms with Gasteiger partial charge in [0.2, 0.25) is 0 Å². The van der Waals surface area contributed by atoms with Crippen LogP contribution in [0.3, 0.4) is 0 Å². The molecule has 5 heteroatoms. The molecule has 3 N–H and O–H groups in total. The molecular formula is C9H17NO4. The van der Waals surface area contributed by atoms with Gasteiger partial charge in [-0.1, -0.05) is 0 Å². The summed E-state index contributed by atoms with van der Waals surface area (Å²) in [5, 5.41) is 21.0. The monoisotopic (exact) mass is 203 g/mol. The first-order valence-electron chi connectivity index (χ1n) is 4.78. The Balaban J connectivity index is 2.22. The molecular weight excluding hydrogens is 186 g/mol. The Morgan fingerprint density at radius 2 is 2.29 bits per heavy atom. The fourth-order valence-electron chi connectivity index (χ4n) is 1.40. The molecule has 1 saturated carbocycles. The summed E-state index contributed by atoms with van der Waals surface area (Å²) in [6, 6.07) is -0.512. The Morgan fingerprint density at radius 3 is 2.71 bits per heavy atom. The summed E-state index contributed by atoms with van der Waals surface area (Å²) in [4.78, 5) is 10.8. The molecule has 0 bridgehead atoms. The summed E-state index contributed by atoms with van der Waals surface area (Å²) in [5.74, 6) is -0.598. The number of aliphatic hydroxyl groups excluding tert-OH is 1. The molecule has 2 atom stereocenters. The maximum Gasteiger partial charge on any atom is 0.320 e. The number of hydrogen-bond acceptors (Lipinski definition) is 4. The molecule has 0 saturated heterocycles. The van der Waals surface area contributed by atoms with Crippen molar-refractivity contribution in [3.63, 3.8) is 0 Å². The van der Waals surface area contributed by atoms with Crippen LogP contribution in [0.15, 0.2) is 0 Å². The summed E-state index contributed by atoms with van der Waals surface area (Å²) in [6.45, 7) is 0.491. The third kappa shape index (κ3) is 3.61. The molecule has 0 spiro atoms. The smallest absolute Gasteiger partial charge is 0.320 e. The van der Waals surface area contributed by atoms with Crippen molar-refractivity contribution in [2.24, 2.45) is 5.92 Å². The van der Waals surface area contributed by atoms with Crippen LogP contribution in [0.25, 0.3) is 0 Å². The number of methoxy groups -OCH3 is 1. The summed E-state index contributed by atoms with van der Waals surface area (Å²) in [7, 11) is 1.50. The molecule has 0 heterocycles. The zero-order valence-corrected chi connectivity index (χ0v) is 8.27. The van der Waals surface area contributed by atoms with Gasteiger partial charge in [-0.15, -0.1) is 0 Å². The van der Waals surface area contributed by atoms with Crippen molar-refractivity contribution >= 4 is 5.97 Å². The van der Waals surface area contributed by atoms with Crippen LogP contribution < -0.4 is 5.32 Å². The third-order valence-electron chi connectivity index (χ3n) is 2.29. The van der Waals surface area contributed by atoms with Gasteiger partial charge in [0.05, 0.1) is 12.7 Å². The fourth-order valence-corrected chi connectivity index (χ4v) is 1.40. The summed E-state index contributed by atoms with van der Waals surface area (Å²) >= 11 is 0. The molecule has 0 aromatic heterocycles. The van der Waals surface area contributed by atoms with Crippen LogP contribution in [0.4, 0.5) is 0 Å². The second-order valence-electron chi connectivity index (χ2n) is 3.67. The summed E-state index contributed by atoms with van der Waals surface area (Å²) < 4.78 is 4.74. The lowest BCUT2D eigenvalue weighted by Gasteiger charge is -2.16. The van der Waals surface area contributed by atoms with Gasteiger partial charge in [-0.2, -0.15) is 0 Å². The molecule has 0 aromatic rings. The first-order valence-corrected chi connectivity index (χ1v) is 4.78. The molecule has 0 radical (unpaired) electrons. The van der Waals surface area contributed by atoms with Gasteiger partial charge in [0.15, 0.2) is 0 Å². The molecule has 0 aliphatic heterocycles. The van der Waals surface area contributed by atoms with Gasteiger partial charge in [0.25, 0.3) is 0 Å². The first-order chi connectivity index (χ1) is 6.65. The molecule has 82 valence electrons. The van der Waals surface area contributed by atoms with E-state index >= 15 is 0 Å². The fraction of sp³-hybridized carbons (Fsp3) is 0.889. The molecule has 1 aliphatic carbocycles. The van der Waals surface area contributed by atoms with Gasteiger partial charge in [-0.25, -0.2) is 0 Å². The largest absolute Gasteiger partial charge is 0.480 e. The molecule has 0 aromatic carbocycles. The van der Waals surface area contributed by atoms with Crippen LogP contribution in [0.1, 0.15) is 12.8 Å². The standard InChI is InChI=1S/C9H17NO4/c1-14-5-7(11)4-10-8(9(12)13)6-2-3-6/h6-8,10-11H,2-5H2,1H3,(H,12,13). The molecule has 0 amide bonds. The Bertz CT molecular complexity index is 193. The number of rotatable bonds is 7. The summed E-state index contributed by atoms with van der Waals surface area (Å²) in [5.41, 5.74) is 0. The number of hydrogen-bond donors (Lipinski definition) is 3. The molecule has 1 aliphatic rings. The second-order valence-corrected chi connectivity index (χ2v) is 3.67. The van der Waals surface area contributed by atoms with E-state index in [4.69, 9.17) is 9.84 Å². The van der Waals surface area contributed by atoms with Gasteiger partial charge in [0.1, 0.15) is 6.04 Å². The Kier molecular flexibility index (Phi) is 4.31. The maximum absolute atomic E-state index is 10.8. The molecule has 5 nitrogen and oxygen atoms in total. The van der Waals surface area contributed by atoms with Crippen molar-refractivity contribution in [2.45, 2.75) is 25.0 Å². The van der Waals surface area contributed by atoms with E-state index in [-0.39, 0.29) is 19.1 Å². The Labute approximate surface area is 83.1 Å². The van der Waals surface area contributed by atoms with Crippen LogP contribution in [0.5, 0.6) is 0 Å². The van der Waals surface area contributed by atoms with Crippen molar-refractivity contribution in [1.29, 1.82) is 0 Å². The number of aliphatic hydroxyl groups is 1. The van der Waals surface area contributed by atoms with E-state index in [1.165, 1.54) is 7.11 Å². The van der Waals surface area contributed by atoms with Crippen LogP contribution in [0.2, 0.25) is 0 Å². The number of aliphatic carboxylic acids is 1.